The molecule has 0 aliphatic rings. The fraction of sp³-hybridized carbons (Fsp3) is 0.318. The summed E-state index contributed by atoms with van der Waals surface area (Å²) in [6, 6.07) is 12.7. The largest absolute Gasteiger partial charge is 0.497 e. The van der Waals surface area contributed by atoms with Crippen LogP contribution in [-0.4, -0.2) is 25.4 Å². The molecule has 0 amide bonds. The van der Waals surface area contributed by atoms with Crippen molar-refractivity contribution in [1.29, 1.82) is 0 Å². The van der Waals surface area contributed by atoms with E-state index in [1.807, 2.05) is 38.1 Å². The number of nitrogens with zero attached hydrogens (tertiary/aromatic N) is 1. The van der Waals surface area contributed by atoms with Gasteiger partial charge in [-0.2, -0.15) is 0 Å². The molecule has 0 aliphatic carbocycles. The molecule has 0 spiro atoms. The Kier molecular flexibility index (Phi) is 6.31. The minimum atomic E-state index is -0.356. The van der Waals surface area contributed by atoms with Crippen LogP contribution in [-0.2, 0) is 0 Å². The SMILES string of the molecule is COc1cccc(C(C)NCCOc2cc(F)cc(-c3c(C)noc3C)c2)c1. The van der Waals surface area contributed by atoms with Gasteiger partial charge in [0.1, 0.15) is 29.7 Å². The summed E-state index contributed by atoms with van der Waals surface area (Å²) < 4.78 is 30.3. The third kappa shape index (κ3) is 4.70. The lowest BCUT2D eigenvalue weighted by atomic mass is 10.0. The number of aryl methyl sites for hydroxylation is 2. The van der Waals surface area contributed by atoms with Crippen LogP contribution in [0.5, 0.6) is 11.5 Å². The highest BCUT2D eigenvalue weighted by atomic mass is 19.1. The van der Waals surface area contributed by atoms with Crippen molar-refractivity contribution in [2.24, 2.45) is 0 Å². The highest BCUT2D eigenvalue weighted by Gasteiger charge is 2.14. The summed E-state index contributed by atoms with van der Waals surface area (Å²) in [7, 11) is 1.65. The van der Waals surface area contributed by atoms with Gasteiger partial charge >= 0.3 is 0 Å². The molecule has 5 nitrogen and oxygen atoms in total. The molecular formula is C22H25FN2O3. The Balaban J connectivity index is 1.59. The molecule has 28 heavy (non-hydrogen) atoms. The highest BCUT2D eigenvalue weighted by Crippen LogP contribution is 2.30. The van der Waals surface area contributed by atoms with Crippen LogP contribution in [0, 0.1) is 19.7 Å². The van der Waals surface area contributed by atoms with E-state index in [2.05, 4.69) is 17.4 Å². The van der Waals surface area contributed by atoms with Crippen molar-refractivity contribution in [3.63, 3.8) is 0 Å². The first-order chi connectivity index (χ1) is 13.5. The molecule has 0 fully saturated rings. The van der Waals surface area contributed by atoms with Gasteiger partial charge in [-0.15, -0.1) is 0 Å². The number of hydrogen-bond acceptors (Lipinski definition) is 5. The second-order valence-electron chi connectivity index (χ2n) is 6.68. The van der Waals surface area contributed by atoms with Crippen molar-refractivity contribution in [3.05, 3.63) is 65.3 Å². The van der Waals surface area contributed by atoms with E-state index in [-0.39, 0.29) is 11.9 Å². The maximum Gasteiger partial charge on any atom is 0.141 e. The van der Waals surface area contributed by atoms with Gasteiger partial charge in [0.2, 0.25) is 0 Å². The average molecular weight is 384 g/mol. The highest BCUT2D eigenvalue weighted by molar-refractivity contribution is 5.69. The van der Waals surface area contributed by atoms with Gasteiger partial charge in [-0.3, -0.25) is 0 Å². The molecule has 3 aromatic rings. The molecule has 1 unspecified atom stereocenters. The number of methoxy groups -OCH3 is 1. The average Bonchev–Trinajstić information content (AvgIpc) is 3.03. The molecule has 1 N–H and O–H groups in total. The van der Waals surface area contributed by atoms with Crippen molar-refractivity contribution < 1.29 is 18.4 Å². The van der Waals surface area contributed by atoms with E-state index >= 15 is 0 Å². The second-order valence-corrected chi connectivity index (χ2v) is 6.68. The molecule has 1 heterocycles. The molecule has 3 rings (SSSR count). The van der Waals surface area contributed by atoms with Crippen LogP contribution in [0.1, 0.15) is 30.0 Å². The fourth-order valence-electron chi connectivity index (χ4n) is 3.16. The van der Waals surface area contributed by atoms with Gasteiger partial charge in [0, 0.05) is 24.2 Å². The summed E-state index contributed by atoms with van der Waals surface area (Å²) in [6.45, 7) is 6.76. The standard InChI is InChI=1S/C22H25FN2O3/c1-14(17-6-5-7-20(11-17)26-4)24-8-9-27-21-12-18(10-19(23)13-21)22-15(2)25-28-16(22)3/h5-7,10-14,24H,8-9H2,1-4H3. The lowest BCUT2D eigenvalue weighted by Gasteiger charge is -2.16. The van der Waals surface area contributed by atoms with Crippen LogP contribution in [0.3, 0.4) is 0 Å². The fourth-order valence-corrected chi connectivity index (χ4v) is 3.16. The molecule has 0 aliphatic heterocycles. The Hall–Kier alpha value is -2.86. The van der Waals surface area contributed by atoms with Crippen molar-refractivity contribution in [2.75, 3.05) is 20.3 Å². The molecule has 0 radical (unpaired) electrons. The predicted molar refractivity (Wildman–Crippen MR) is 106 cm³/mol. The lowest BCUT2D eigenvalue weighted by Crippen LogP contribution is -2.24. The van der Waals surface area contributed by atoms with Gasteiger partial charge in [0.25, 0.3) is 0 Å². The number of benzene rings is 2. The predicted octanol–water partition coefficient (Wildman–Crippen LogP) is 4.84. The van der Waals surface area contributed by atoms with E-state index in [9.17, 15) is 4.39 Å². The van der Waals surface area contributed by atoms with Gasteiger partial charge in [0.15, 0.2) is 0 Å². The maximum absolute atomic E-state index is 14.1. The zero-order valence-corrected chi connectivity index (χ0v) is 16.6. The van der Waals surface area contributed by atoms with Crippen LogP contribution < -0.4 is 14.8 Å². The molecule has 6 heteroatoms. The van der Waals surface area contributed by atoms with Crippen molar-refractivity contribution in [1.82, 2.24) is 10.5 Å². The monoisotopic (exact) mass is 384 g/mol. The Bertz CT molecular complexity index is 920. The first-order valence-electron chi connectivity index (χ1n) is 9.22. The summed E-state index contributed by atoms with van der Waals surface area (Å²) in [5.41, 5.74) is 3.35. The summed E-state index contributed by atoms with van der Waals surface area (Å²) in [5.74, 6) is 1.60. The second kappa shape index (κ2) is 8.89. The third-order valence-corrected chi connectivity index (χ3v) is 4.61. The quantitative estimate of drug-likeness (QED) is 0.564. The lowest BCUT2D eigenvalue weighted by molar-refractivity contribution is 0.306. The minimum Gasteiger partial charge on any atom is -0.497 e. The normalized spacial score (nSPS) is 12.0. The topological polar surface area (TPSA) is 56.5 Å². The van der Waals surface area contributed by atoms with Gasteiger partial charge in [-0.05, 0) is 56.2 Å². The summed E-state index contributed by atoms with van der Waals surface area (Å²) in [6.07, 6.45) is 0. The zero-order chi connectivity index (χ0) is 20.1. The number of rotatable bonds is 8. The number of hydrogen-bond donors (Lipinski definition) is 1. The van der Waals surface area contributed by atoms with Crippen LogP contribution in [0.25, 0.3) is 11.1 Å². The third-order valence-electron chi connectivity index (χ3n) is 4.61. The van der Waals surface area contributed by atoms with Crippen molar-refractivity contribution >= 4 is 0 Å². The van der Waals surface area contributed by atoms with E-state index in [4.69, 9.17) is 14.0 Å². The molecule has 148 valence electrons. The molecule has 1 atom stereocenters. The van der Waals surface area contributed by atoms with Crippen LogP contribution in [0.4, 0.5) is 4.39 Å². The molecule has 0 saturated carbocycles. The number of nitrogens with one attached hydrogen (secondary N) is 1. The van der Waals surface area contributed by atoms with Gasteiger partial charge in [-0.1, -0.05) is 17.3 Å². The molecule has 1 aromatic heterocycles. The Labute approximate surface area is 164 Å². The maximum atomic E-state index is 14.1. The van der Waals surface area contributed by atoms with E-state index in [1.54, 1.807) is 13.2 Å². The van der Waals surface area contributed by atoms with E-state index in [0.717, 1.165) is 22.6 Å². The summed E-state index contributed by atoms with van der Waals surface area (Å²) >= 11 is 0. The van der Waals surface area contributed by atoms with E-state index in [1.165, 1.54) is 12.1 Å². The number of aromatic nitrogens is 1. The van der Waals surface area contributed by atoms with E-state index in [0.29, 0.717) is 30.2 Å². The van der Waals surface area contributed by atoms with Crippen LogP contribution in [0.15, 0.2) is 47.0 Å². The van der Waals surface area contributed by atoms with Crippen molar-refractivity contribution in [2.45, 2.75) is 26.8 Å². The van der Waals surface area contributed by atoms with Crippen LogP contribution in [0.2, 0.25) is 0 Å². The van der Waals surface area contributed by atoms with Crippen LogP contribution >= 0.6 is 0 Å². The number of ether oxygens (including phenoxy) is 2. The first-order valence-corrected chi connectivity index (χ1v) is 9.22. The Morgan fingerprint density at radius 1 is 1.14 bits per heavy atom. The zero-order valence-electron chi connectivity index (χ0n) is 16.6. The summed E-state index contributed by atoms with van der Waals surface area (Å²) in [5, 5.41) is 7.33. The molecule has 0 saturated heterocycles. The Morgan fingerprint density at radius 2 is 1.96 bits per heavy atom. The Morgan fingerprint density at radius 3 is 2.68 bits per heavy atom. The smallest absolute Gasteiger partial charge is 0.141 e. The van der Waals surface area contributed by atoms with Gasteiger partial charge in [-0.25, -0.2) is 4.39 Å². The number of halogens is 1. The van der Waals surface area contributed by atoms with Gasteiger partial charge in [0.05, 0.1) is 12.8 Å². The summed E-state index contributed by atoms with van der Waals surface area (Å²) in [4.78, 5) is 0. The first kappa shape index (κ1) is 19.9. The van der Waals surface area contributed by atoms with E-state index < -0.39 is 0 Å². The van der Waals surface area contributed by atoms with Gasteiger partial charge < -0.3 is 19.3 Å². The molecule has 0 bridgehead atoms. The molecule has 2 aromatic carbocycles. The van der Waals surface area contributed by atoms with Crippen molar-refractivity contribution in [3.8, 4) is 22.6 Å². The molecular weight excluding hydrogens is 359 g/mol. The minimum absolute atomic E-state index is 0.143.